The number of aromatic nitrogens is 5. The Hall–Kier alpha value is -3.20. The Morgan fingerprint density at radius 1 is 1.27 bits per heavy atom. The van der Waals surface area contributed by atoms with Crippen molar-refractivity contribution in [3.8, 4) is 5.75 Å². The molecule has 1 amide bonds. The first-order chi connectivity index (χ1) is 12.7. The Morgan fingerprint density at radius 3 is 2.92 bits per heavy atom. The second-order valence-corrected chi connectivity index (χ2v) is 6.32. The van der Waals surface area contributed by atoms with E-state index in [9.17, 15) is 4.79 Å². The fourth-order valence-corrected chi connectivity index (χ4v) is 2.57. The summed E-state index contributed by atoms with van der Waals surface area (Å²) in [5.41, 5.74) is 1.44. The number of carbonyl (C=O) groups excluding carboxylic acids is 1. The summed E-state index contributed by atoms with van der Waals surface area (Å²) in [5, 5.41) is 11.1. The molecule has 0 spiro atoms. The summed E-state index contributed by atoms with van der Waals surface area (Å²) in [6.07, 6.45) is 6.62. The van der Waals surface area contributed by atoms with Crippen molar-refractivity contribution in [2.75, 3.05) is 5.32 Å². The van der Waals surface area contributed by atoms with Gasteiger partial charge in [0.1, 0.15) is 5.75 Å². The SMILES string of the molecule is O=C(Nc1cnn(COc2ccc(Br)cc2)c1)c1cc2ncccn2n1. The van der Waals surface area contributed by atoms with Crippen LogP contribution in [0, 0.1) is 0 Å². The molecule has 26 heavy (non-hydrogen) atoms. The molecular weight excluding hydrogens is 400 g/mol. The van der Waals surface area contributed by atoms with Crippen LogP contribution in [0.2, 0.25) is 0 Å². The number of ether oxygens (including phenoxy) is 1. The molecule has 0 atom stereocenters. The first kappa shape index (κ1) is 16.3. The molecule has 9 heteroatoms. The van der Waals surface area contributed by atoms with Crippen molar-refractivity contribution in [1.82, 2.24) is 24.4 Å². The van der Waals surface area contributed by atoms with Gasteiger partial charge in [0.25, 0.3) is 5.91 Å². The lowest BCUT2D eigenvalue weighted by Gasteiger charge is -2.05. The highest BCUT2D eigenvalue weighted by atomic mass is 79.9. The standard InChI is InChI=1S/C17H13BrN6O2/c18-12-2-4-14(5-3-12)26-11-23-10-13(9-20-23)21-17(25)15-8-16-19-6-1-7-24(16)22-15/h1-10H,11H2,(H,21,25). The van der Waals surface area contributed by atoms with Crippen molar-refractivity contribution in [2.45, 2.75) is 6.73 Å². The minimum absolute atomic E-state index is 0.232. The Labute approximate surface area is 156 Å². The summed E-state index contributed by atoms with van der Waals surface area (Å²) < 4.78 is 9.75. The third-order valence-corrected chi connectivity index (χ3v) is 4.07. The molecule has 0 bridgehead atoms. The molecule has 1 N–H and O–H groups in total. The average Bonchev–Trinajstić information content (AvgIpc) is 3.28. The van der Waals surface area contributed by atoms with Crippen LogP contribution < -0.4 is 10.1 Å². The zero-order chi connectivity index (χ0) is 17.9. The third-order valence-electron chi connectivity index (χ3n) is 3.54. The van der Waals surface area contributed by atoms with Crippen LogP contribution in [0.4, 0.5) is 5.69 Å². The quantitative estimate of drug-likeness (QED) is 0.544. The molecule has 0 fully saturated rings. The van der Waals surface area contributed by atoms with Crippen molar-refractivity contribution < 1.29 is 9.53 Å². The molecular formula is C17H13BrN6O2. The minimum Gasteiger partial charge on any atom is -0.471 e. The lowest BCUT2D eigenvalue weighted by Crippen LogP contribution is -2.12. The molecule has 0 radical (unpaired) electrons. The zero-order valence-corrected chi connectivity index (χ0v) is 15.0. The number of nitrogens with zero attached hydrogens (tertiary/aromatic N) is 5. The molecule has 1 aromatic carbocycles. The van der Waals surface area contributed by atoms with Crippen molar-refractivity contribution >= 4 is 33.2 Å². The van der Waals surface area contributed by atoms with Crippen LogP contribution in [0.1, 0.15) is 10.5 Å². The maximum atomic E-state index is 12.3. The van der Waals surface area contributed by atoms with Crippen molar-refractivity contribution in [2.24, 2.45) is 0 Å². The molecule has 0 aliphatic heterocycles. The highest BCUT2D eigenvalue weighted by Gasteiger charge is 2.12. The molecule has 4 rings (SSSR count). The first-order valence-electron chi connectivity index (χ1n) is 7.70. The van der Waals surface area contributed by atoms with Crippen LogP contribution in [0.5, 0.6) is 5.75 Å². The molecule has 0 aliphatic rings. The van der Waals surface area contributed by atoms with Crippen LogP contribution in [-0.4, -0.2) is 30.3 Å². The summed E-state index contributed by atoms with van der Waals surface area (Å²) in [4.78, 5) is 16.5. The smallest absolute Gasteiger partial charge is 0.276 e. The molecule has 0 saturated carbocycles. The highest BCUT2D eigenvalue weighted by molar-refractivity contribution is 9.10. The summed E-state index contributed by atoms with van der Waals surface area (Å²) >= 11 is 3.37. The van der Waals surface area contributed by atoms with E-state index in [2.05, 4.69) is 36.4 Å². The summed E-state index contributed by atoms with van der Waals surface area (Å²) in [6, 6.07) is 10.9. The fraction of sp³-hybridized carbons (Fsp3) is 0.0588. The molecule has 130 valence electrons. The number of benzene rings is 1. The van der Waals surface area contributed by atoms with Crippen molar-refractivity contribution in [3.63, 3.8) is 0 Å². The normalized spacial score (nSPS) is 10.8. The first-order valence-corrected chi connectivity index (χ1v) is 8.49. The Morgan fingerprint density at radius 2 is 2.12 bits per heavy atom. The Bertz CT molecular complexity index is 1020. The molecule has 3 heterocycles. The van der Waals surface area contributed by atoms with Gasteiger partial charge in [-0.2, -0.15) is 10.2 Å². The van der Waals surface area contributed by atoms with E-state index in [1.54, 1.807) is 46.1 Å². The van der Waals surface area contributed by atoms with Crippen molar-refractivity contribution in [3.05, 3.63) is 71.4 Å². The largest absolute Gasteiger partial charge is 0.471 e. The van der Waals surface area contributed by atoms with Gasteiger partial charge in [0.2, 0.25) is 0 Å². The molecule has 0 saturated heterocycles. The van der Waals surface area contributed by atoms with Gasteiger partial charge < -0.3 is 10.1 Å². The number of nitrogens with one attached hydrogen (secondary N) is 1. The number of hydrogen-bond acceptors (Lipinski definition) is 5. The molecule has 4 aromatic rings. The maximum absolute atomic E-state index is 12.3. The van der Waals surface area contributed by atoms with Gasteiger partial charge in [-0.15, -0.1) is 0 Å². The lowest BCUT2D eigenvalue weighted by molar-refractivity contribution is 0.102. The second kappa shape index (κ2) is 6.96. The number of rotatable bonds is 5. The monoisotopic (exact) mass is 412 g/mol. The van der Waals surface area contributed by atoms with Gasteiger partial charge in [0.05, 0.1) is 18.1 Å². The van der Waals surface area contributed by atoms with E-state index in [0.29, 0.717) is 11.3 Å². The van der Waals surface area contributed by atoms with Gasteiger partial charge in [0.15, 0.2) is 18.1 Å². The molecule has 0 aliphatic carbocycles. The van der Waals surface area contributed by atoms with Gasteiger partial charge in [0, 0.05) is 22.9 Å². The Kier molecular flexibility index (Phi) is 4.36. The van der Waals surface area contributed by atoms with Crippen LogP contribution in [0.15, 0.2) is 65.7 Å². The van der Waals surface area contributed by atoms with E-state index in [0.717, 1.165) is 10.2 Å². The topological polar surface area (TPSA) is 86.3 Å². The summed E-state index contributed by atoms with van der Waals surface area (Å²) in [6.45, 7) is 0.232. The molecule has 0 unspecified atom stereocenters. The minimum atomic E-state index is -0.330. The van der Waals surface area contributed by atoms with Crippen LogP contribution in [0.25, 0.3) is 5.65 Å². The number of amides is 1. The van der Waals surface area contributed by atoms with E-state index in [-0.39, 0.29) is 18.3 Å². The van der Waals surface area contributed by atoms with Crippen molar-refractivity contribution in [1.29, 1.82) is 0 Å². The van der Waals surface area contributed by atoms with E-state index >= 15 is 0 Å². The van der Waals surface area contributed by atoms with Gasteiger partial charge in [-0.1, -0.05) is 15.9 Å². The van der Waals surface area contributed by atoms with E-state index < -0.39 is 0 Å². The highest BCUT2D eigenvalue weighted by Crippen LogP contribution is 2.16. The van der Waals surface area contributed by atoms with Crippen LogP contribution in [-0.2, 0) is 6.73 Å². The van der Waals surface area contributed by atoms with Crippen LogP contribution in [0.3, 0.4) is 0 Å². The molecule has 8 nitrogen and oxygen atoms in total. The number of anilines is 1. The third kappa shape index (κ3) is 3.57. The average molecular weight is 413 g/mol. The number of fused-ring (bicyclic) bond motifs is 1. The fourth-order valence-electron chi connectivity index (χ4n) is 2.31. The zero-order valence-electron chi connectivity index (χ0n) is 13.4. The van der Waals surface area contributed by atoms with E-state index in [4.69, 9.17) is 4.74 Å². The van der Waals surface area contributed by atoms with Gasteiger partial charge in [-0.05, 0) is 30.3 Å². The van der Waals surface area contributed by atoms with Gasteiger partial charge >= 0.3 is 0 Å². The Balaban J connectivity index is 1.39. The second-order valence-electron chi connectivity index (χ2n) is 5.40. The van der Waals surface area contributed by atoms with Gasteiger partial charge in [-0.3, -0.25) is 4.79 Å². The maximum Gasteiger partial charge on any atom is 0.276 e. The van der Waals surface area contributed by atoms with E-state index in [1.165, 1.54) is 0 Å². The summed E-state index contributed by atoms with van der Waals surface area (Å²) in [5.74, 6) is 0.398. The number of hydrogen-bond donors (Lipinski definition) is 1. The summed E-state index contributed by atoms with van der Waals surface area (Å²) in [7, 11) is 0. The van der Waals surface area contributed by atoms with Gasteiger partial charge in [-0.25, -0.2) is 14.2 Å². The number of halogens is 1. The number of carbonyl (C=O) groups is 1. The lowest BCUT2D eigenvalue weighted by atomic mass is 10.3. The van der Waals surface area contributed by atoms with E-state index in [1.807, 2.05) is 24.3 Å². The van der Waals surface area contributed by atoms with Crippen LogP contribution >= 0.6 is 15.9 Å². The molecule has 3 aromatic heterocycles. The predicted molar refractivity (Wildman–Crippen MR) is 97.9 cm³/mol. The predicted octanol–water partition coefficient (Wildman–Crippen LogP) is 2.98.